The van der Waals surface area contributed by atoms with E-state index in [4.69, 9.17) is 4.42 Å². The summed E-state index contributed by atoms with van der Waals surface area (Å²) in [6.07, 6.45) is 1.79. The van der Waals surface area contributed by atoms with Crippen molar-refractivity contribution in [3.05, 3.63) is 75.6 Å². The molecule has 0 N–H and O–H groups in total. The summed E-state index contributed by atoms with van der Waals surface area (Å²) in [7, 11) is -3.39. The van der Waals surface area contributed by atoms with Gasteiger partial charge in [0.15, 0.2) is 20.8 Å². The molecule has 2 unspecified atom stereocenters. The molecule has 1 saturated heterocycles. The van der Waals surface area contributed by atoms with Gasteiger partial charge >= 0.3 is 0 Å². The van der Waals surface area contributed by atoms with E-state index in [9.17, 15) is 22.8 Å². The van der Waals surface area contributed by atoms with Crippen LogP contribution in [0.3, 0.4) is 0 Å². The third-order valence-electron chi connectivity index (χ3n) is 7.38. The van der Waals surface area contributed by atoms with Crippen molar-refractivity contribution in [3.8, 4) is 0 Å². The summed E-state index contributed by atoms with van der Waals surface area (Å²) >= 11 is 0. The Morgan fingerprint density at radius 2 is 1.80 bits per heavy atom. The molecule has 1 aromatic heterocycles. The molecule has 3 aromatic rings. The second-order valence-electron chi connectivity index (χ2n) is 9.40. The van der Waals surface area contributed by atoms with Crippen LogP contribution in [0.4, 0.5) is 5.69 Å². The summed E-state index contributed by atoms with van der Waals surface area (Å²) in [6.45, 7) is 2.44. The Labute approximate surface area is 202 Å². The second-order valence-corrected chi connectivity index (χ2v) is 11.6. The molecule has 8 nitrogen and oxygen atoms in total. The van der Waals surface area contributed by atoms with Crippen LogP contribution in [-0.4, -0.2) is 49.2 Å². The Morgan fingerprint density at radius 1 is 1.06 bits per heavy atom. The predicted molar refractivity (Wildman–Crippen MR) is 130 cm³/mol. The maximum Gasteiger partial charge on any atom is 0.291 e. The van der Waals surface area contributed by atoms with Crippen molar-refractivity contribution in [3.63, 3.8) is 0 Å². The van der Waals surface area contributed by atoms with Crippen molar-refractivity contribution < 1.29 is 22.4 Å². The molecule has 2 atom stereocenters. The molecule has 180 valence electrons. The first kappa shape index (κ1) is 22.0. The summed E-state index contributed by atoms with van der Waals surface area (Å²) in [4.78, 5) is 45.3. The number of sulfone groups is 1. The summed E-state index contributed by atoms with van der Waals surface area (Å²) < 4.78 is 30.9. The third-order valence-corrected chi connectivity index (χ3v) is 9.13. The number of fused-ring (bicyclic) bond motifs is 5. The zero-order valence-electron chi connectivity index (χ0n) is 19.2. The molecule has 0 saturated carbocycles. The van der Waals surface area contributed by atoms with Crippen LogP contribution >= 0.6 is 0 Å². The lowest BCUT2D eigenvalue weighted by molar-refractivity contribution is -0.126. The lowest BCUT2D eigenvalue weighted by Gasteiger charge is -2.37. The minimum atomic E-state index is -3.39. The molecule has 9 heteroatoms. The number of rotatable bonds is 4. The Bertz CT molecular complexity index is 1580. The maximum atomic E-state index is 14.4. The molecular formula is C26H24N2O6S. The number of hydrogen-bond donors (Lipinski definition) is 0. The Balaban J connectivity index is 1.70. The van der Waals surface area contributed by atoms with E-state index in [1.54, 1.807) is 41.3 Å². The molecule has 1 fully saturated rings. The highest BCUT2D eigenvalue weighted by Gasteiger charge is 2.66. The van der Waals surface area contributed by atoms with Crippen LogP contribution in [0.1, 0.15) is 47.9 Å². The molecular weight excluding hydrogens is 468 g/mol. The monoisotopic (exact) mass is 492 g/mol. The molecule has 4 heterocycles. The first-order chi connectivity index (χ1) is 16.8. The second kappa shape index (κ2) is 7.52. The van der Waals surface area contributed by atoms with Gasteiger partial charge in [0, 0.05) is 18.2 Å². The highest BCUT2D eigenvalue weighted by Crippen LogP contribution is 2.54. The SMILES string of the molecule is CCCCN1C(=O)C2(c3ccccc31)c1c(oc3ccccc3c1=O)C(=O)N2C1CCS(=O)(=O)C1. The van der Waals surface area contributed by atoms with Gasteiger partial charge < -0.3 is 14.2 Å². The molecule has 3 aliphatic rings. The molecule has 0 bridgehead atoms. The van der Waals surface area contributed by atoms with Crippen LogP contribution < -0.4 is 10.3 Å². The Hall–Kier alpha value is -3.46. The van der Waals surface area contributed by atoms with E-state index < -0.39 is 38.7 Å². The minimum Gasteiger partial charge on any atom is -0.450 e. The van der Waals surface area contributed by atoms with Gasteiger partial charge in [0.05, 0.1) is 28.1 Å². The fourth-order valence-electron chi connectivity index (χ4n) is 5.87. The highest BCUT2D eigenvalue weighted by molar-refractivity contribution is 7.91. The Morgan fingerprint density at radius 3 is 2.54 bits per heavy atom. The average molecular weight is 493 g/mol. The number of carbonyl (C=O) groups excluding carboxylic acids is 2. The van der Waals surface area contributed by atoms with Crippen LogP contribution in [0.2, 0.25) is 0 Å². The Kier molecular flexibility index (Phi) is 4.73. The van der Waals surface area contributed by atoms with Crippen molar-refractivity contribution in [1.82, 2.24) is 4.90 Å². The van der Waals surface area contributed by atoms with Gasteiger partial charge in [-0.25, -0.2) is 8.42 Å². The normalized spacial score (nSPS) is 24.5. The number of benzene rings is 2. The van der Waals surface area contributed by atoms with E-state index in [2.05, 4.69) is 0 Å². The molecule has 1 spiro atoms. The van der Waals surface area contributed by atoms with E-state index in [-0.39, 0.29) is 40.2 Å². The highest BCUT2D eigenvalue weighted by atomic mass is 32.2. The number of nitrogens with zero attached hydrogens (tertiary/aromatic N) is 2. The van der Waals surface area contributed by atoms with E-state index >= 15 is 0 Å². The number of amides is 2. The van der Waals surface area contributed by atoms with Crippen molar-refractivity contribution in [2.75, 3.05) is 23.0 Å². The molecule has 0 radical (unpaired) electrons. The topological polar surface area (TPSA) is 105 Å². The lowest BCUT2D eigenvalue weighted by Crippen LogP contribution is -2.57. The van der Waals surface area contributed by atoms with Crippen LogP contribution in [0.5, 0.6) is 0 Å². The summed E-state index contributed by atoms with van der Waals surface area (Å²) in [5.74, 6) is -1.55. The van der Waals surface area contributed by atoms with Gasteiger partial charge in [-0.2, -0.15) is 0 Å². The first-order valence-corrected chi connectivity index (χ1v) is 13.6. The molecule has 2 amide bonds. The molecule has 6 rings (SSSR count). The smallest absolute Gasteiger partial charge is 0.291 e. The van der Waals surface area contributed by atoms with Gasteiger partial charge in [-0.3, -0.25) is 14.4 Å². The van der Waals surface area contributed by atoms with E-state index in [0.29, 0.717) is 17.8 Å². The maximum absolute atomic E-state index is 14.4. The molecule has 2 aromatic carbocycles. The van der Waals surface area contributed by atoms with Gasteiger partial charge in [0.2, 0.25) is 5.76 Å². The predicted octanol–water partition coefficient (Wildman–Crippen LogP) is 2.83. The van der Waals surface area contributed by atoms with Gasteiger partial charge in [0.1, 0.15) is 5.58 Å². The summed E-state index contributed by atoms with van der Waals surface area (Å²) in [5, 5.41) is 0.275. The number of para-hydroxylation sites is 2. The van der Waals surface area contributed by atoms with Crippen LogP contribution in [0.15, 0.2) is 57.7 Å². The fourth-order valence-corrected chi connectivity index (χ4v) is 7.57. The molecule has 0 aliphatic carbocycles. The zero-order chi connectivity index (χ0) is 24.5. The molecule has 3 aliphatic heterocycles. The largest absolute Gasteiger partial charge is 0.450 e. The summed E-state index contributed by atoms with van der Waals surface area (Å²) in [6, 6.07) is 13.0. The van der Waals surface area contributed by atoms with Crippen molar-refractivity contribution >= 4 is 38.3 Å². The van der Waals surface area contributed by atoms with Gasteiger partial charge in [0.25, 0.3) is 11.8 Å². The van der Waals surface area contributed by atoms with Gasteiger partial charge in [-0.15, -0.1) is 0 Å². The van der Waals surface area contributed by atoms with Crippen LogP contribution in [0.25, 0.3) is 11.0 Å². The van der Waals surface area contributed by atoms with Crippen molar-refractivity contribution in [1.29, 1.82) is 0 Å². The number of anilines is 1. The van der Waals surface area contributed by atoms with Gasteiger partial charge in [-0.05, 0) is 31.0 Å². The van der Waals surface area contributed by atoms with E-state index in [1.165, 1.54) is 4.90 Å². The average Bonchev–Trinajstić information content (AvgIpc) is 3.42. The van der Waals surface area contributed by atoms with Gasteiger partial charge in [-0.1, -0.05) is 43.7 Å². The minimum absolute atomic E-state index is 0.0121. The quantitative estimate of drug-likeness (QED) is 0.555. The first-order valence-electron chi connectivity index (χ1n) is 11.8. The fraction of sp³-hybridized carbons (Fsp3) is 0.346. The standard InChI is InChI=1S/C26H24N2O6S/c1-2-3-13-27-19-10-6-5-9-18(19)26(25(27)31)21-22(29)17-8-4-7-11-20(17)34-23(21)24(30)28(26)16-12-14-35(32,33)15-16/h4-11,16H,2-3,12-15H2,1H3. The van der Waals surface area contributed by atoms with Crippen molar-refractivity contribution in [2.24, 2.45) is 0 Å². The van der Waals surface area contributed by atoms with Crippen LogP contribution in [0, 0.1) is 0 Å². The summed E-state index contributed by atoms with van der Waals surface area (Å²) in [5.41, 5.74) is -0.820. The number of unbranched alkanes of at least 4 members (excludes halogenated alkanes) is 1. The number of carbonyl (C=O) groups is 2. The zero-order valence-corrected chi connectivity index (χ0v) is 20.0. The van der Waals surface area contributed by atoms with Crippen LogP contribution in [-0.2, 0) is 20.2 Å². The van der Waals surface area contributed by atoms with Crippen molar-refractivity contribution in [2.45, 2.75) is 37.8 Å². The lowest BCUT2D eigenvalue weighted by atomic mass is 9.83. The number of hydrogen-bond acceptors (Lipinski definition) is 6. The van der Waals surface area contributed by atoms with E-state index in [0.717, 1.165) is 12.8 Å². The third kappa shape index (κ3) is 2.84. The molecule has 35 heavy (non-hydrogen) atoms. The van der Waals surface area contributed by atoms with E-state index in [1.807, 2.05) is 19.1 Å².